The molecule has 0 aliphatic carbocycles. The number of carbonyl (C=O) groups is 2. The molecule has 2 amide bonds. The summed E-state index contributed by atoms with van der Waals surface area (Å²) in [5, 5.41) is 11.7. The molecule has 7 nitrogen and oxygen atoms in total. The zero-order chi connectivity index (χ0) is 22.8. The molecule has 162 valence electrons. The van der Waals surface area contributed by atoms with Crippen molar-refractivity contribution in [3.05, 3.63) is 70.8 Å². The number of rotatable bonds is 5. The highest BCUT2D eigenvalue weighted by molar-refractivity contribution is 6.05. The monoisotopic (exact) mass is 435 g/mol. The third kappa shape index (κ3) is 4.71. The van der Waals surface area contributed by atoms with Crippen molar-refractivity contribution in [1.29, 1.82) is 0 Å². The first-order chi connectivity index (χ1) is 14.6. The van der Waals surface area contributed by atoms with Crippen LogP contribution >= 0.6 is 0 Å². The fourth-order valence-electron chi connectivity index (χ4n) is 2.82. The van der Waals surface area contributed by atoms with Gasteiger partial charge in [-0.1, -0.05) is 17.3 Å². The van der Waals surface area contributed by atoms with Crippen molar-refractivity contribution < 1.29 is 27.2 Å². The van der Waals surface area contributed by atoms with E-state index >= 15 is 0 Å². The number of alkyl halides is 3. The number of hydrogen-bond acceptors (Lipinski definition) is 4. The molecule has 3 aromatic rings. The number of nitrogens with zero attached hydrogens (tertiary/aromatic N) is 3. The number of carbonyl (C=O) groups excluding carboxylic acids is 2. The highest BCUT2D eigenvalue weighted by atomic mass is 19.4. The maximum Gasteiger partial charge on any atom is 0.435 e. The summed E-state index contributed by atoms with van der Waals surface area (Å²) in [5.41, 5.74) is -1.79. The lowest BCUT2D eigenvalue weighted by Gasteiger charge is -2.13. The maximum absolute atomic E-state index is 13.7. The summed E-state index contributed by atoms with van der Waals surface area (Å²) in [5.74, 6) is -2.35. The number of benzene rings is 2. The van der Waals surface area contributed by atoms with E-state index in [9.17, 15) is 27.2 Å². The van der Waals surface area contributed by atoms with Crippen molar-refractivity contribution in [2.45, 2.75) is 20.0 Å². The van der Waals surface area contributed by atoms with Crippen LogP contribution in [0, 0.1) is 12.7 Å². The molecule has 0 bridgehead atoms. The summed E-state index contributed by atoms with van der Waals surface area (Å²) < 4.78 is 55.0. The molecule has 0 radical (unpaired) electrons. The van der Waals surface area contributed by atoms with Gasteiger partial charge < -0.3 is 10.6 Å². The fraction of sp³-hybridized carbons (Fsp3) is 0.200. The Bertz CT molecular complexity index is 1140. The maximum atomic E-state index is 13.7. The molecule has 11 heteroatoms. The number of amides is 2. The predicted molar refractivity (Wildman–Crippen MR) is 103 cm³/mol. The van der Waals surface area contributed by atoms with E-state index in [0.717, 1.165) is 12.1 Å². The summed E-state index contributed by atoms with van der Waals surface area (Å²) >= 11 is 0. The fourth-order valence-corrected chi connectivity index (χ4v) is 2.82. The third-order valence-corrected chi connectivity index (χ3v) is 4.29. The Kier molecular flexibility index (Phi) is 6.04. The van der Waals surface area contributed by atoms with Gasteiger partial charge in [-0.3, -0.25) is 9.59 Å². The first-order valence-corrected chi connectivity index (χ1v) is 9.11. The molecule has 0 atom stereocenters. The molecule has 0 saturated heterocycles. The predicted octanol–water partition coefficient (Wildman–Crippen LogP) is 3.74. The van der Waals surface area contributed by atoms with Crippen LogP contribution in [-0.4, -0.2) is 33.4 Å². The second-order valence-corrected chi connectivity index (χ2v) is 6.52. The molecule has 3 rings (SSSR count). The Balaban J connectivity index is 2.00. The zero-order valence-corrected chi connectivity index (χ0v) is 16.4. The molecule has 2 N–H and O–H groups in total. The summed E-state index contributed by atoms with van der Waals surface area (Å²) in [6, 6.07) is 8.74. The smallest absolute Gasteiger partial charge is 0.352 e. The molecule has 0 aliphatic heterocycles. The van der Waals surface area contributed by atoms with Crippen molar-refractivity contribution in [3.63, 3.8) is 0 Å². The molecule has 0 spiro atoms. The lowest BCUT2D eigenvalue weighted by Crippen LogP contribution is -2.24. The van der Waals surface area contributed by atoms with Crippen LogP contribution in [0.2, 0.25) is 0 Å². The van der Waals surface area contributed by atoms with Gasteiger partial charge in [0.2, 0.25) is 0 Å². The van der Waals surface area contributed by atoms with Crippen LogP contribution in [0.3, 0.4) is 0 Å². The van der Waals surface area contributed by atoms with Gasteiger partial charge in [0.05, 0.1) is 5.69 Å². The van der Waals surface area contributed by atoms with Gasteiger partial charge in [-0.15, -0.1) is 5.10 Å². The molecular weight excluding hydrogens is 418 g/mol. The van der Waals surface area contributed by atoms with E-state index in [2.05, 4.69) is 20.9 Å². The molecule has 2 aromatic carbocycles. The van der Waals surface area contributed by atoms with Crippen LogP contribution in [0.15, 0.2) is 42.5 Å². The highest BCUT2D eigenvalue weighted by Crippen LogP contribution is 2.33. The van der Waals surface area contributed by atoms with Crippen molar-refractivity contribution >= 4 is 17.5 Å². The van der Waals surface area contributed by atoms with Crippen molar-refractivity contribution in [2.24, 2.45) is 0 Å². The van der Waals surface area contributed by atoms with E-state index in [1.807, 2.05) is 0 Å². The second kappa shape index (κ2) is 8.54. The first-order valence-electron chi connectivity index (χ1n) is 9.11. The van der Waals surface area contributed by atoms with Gasteiger partial charge in [0, 0.05) is 17.8 Å². The van der Waals surface area contributed by atoms with Crippen LogP contribution in [0.5, 0.6) is 0 Å². The largest absolute Gasteiger partial charge is 0.435 e. The minimum Gasteiger partial charge on any atom is -0.352 e. The Morgan fingerprint density at radius 2 is 1.84 bits per heavy atom. The molecule has 1 heterocycles. The second-order valence-electron chi connectivity index (χ2n) is 6.52. The Labute approximate surface area is 174 Å². The van der Waals surface area contributed by atoms with Gasteiger partial charge in [0.25, 0.3) is 11.8 Å². The standard InChI is InChI=1S/C20H17F4N5O2/c1-3-25-18(30)12-8-7-11(2)15(9-12)26-19(31)16-17(20(22,23)24)29(28-27-16)14-6-4-5-13(21)10-14/h4-10H,3H2,1-2H3,(H,25,30)(H,26,31). The van der Waals surface area contributed by atoms with Gasteiger partial charge in [-0.2, -0.15) is 13.2 Å². The van der Waals surface area contributed by atoms with Crippen LogP contribution in [0.1, 0.15) is 39.0 Å². The van der Waals surface area contributed by atoms with E-state index in [1.165, 1.54) is 24.3 Å². The number of halogens is 4. The molecule has 0 aliphatic rings. The van der Waals surface area contributed by atoms with Gasteiger partial charge in [-0.05, 0) is 49.7 Å². The minimum atomic E-state index is -5.00. The van der Waals surface area contributed by atoms with Gasteiger partial charge in [-0.25, -0.2) is 9.07 Å². The third-order valence-electron chi connectivity index (χ3n) is 4.29. The molecule has 1 aromatic heterocycles. The Hall–Kier alpha value is -3.76. The minimum absolute atomic E-state index is 0.141. The normalized spacial score (nSPS) is 11.3. The van der Waals surface area contributed by atoms with Crippen LogP contribution < -0.4 is 10.6 Å². The van der Waals surface area contributed by atoms with Crippen LogP contribution in [0.4, 0.5) is 23.2 Å². The van der Waals surface area contributed by atoms with E-state index < -0.39 is 35.2 Å². The lowest BCUT2D eigenvalue weighted by atomic mass is 10.1. The molecule has 0 fully saturated rings. The molecule has 31 heavy (non-hydrogen) atoms. The number of aryl methyl sites for hydroxylation is 1. The average molecular weight is 435 g/mol. The van der Waals surface area contributed by atoms with Gasteiger partial charge in [0.1, 0.15) is 5.82 Å². The van der Waals surface area contributed by atoms with Crippen LogP contribution in [-0.2, 0) is 6.18 Å². The zero-order valence-electron chi connectivity index (χ0n) is 16.4. The Morgan fingerprint density at radius 3 is 2.48 bits per heavy atom. The SMILES string of the molecule is CCNC(=O)c1ccc(C)c(NC(=O)c2nnn(-c3cccc(F)c3)c2C(F)(F)F)c1. The summed E-state index contributed by atoms with van der Waals surface area (Å²) in [6.45, 7) is 3.73. The van der Waals surface area contributed by atoms with Gasteiger partial charge in [0.15, 0.2) is 11.4 Å². The highest BCUT2D eigenvalue weighted by Gasteiger charge is 2.42. The van der Waals surface area contributed by atoms with E-state index in [0.29, 0.717) is 16.8 Å². The number of hydrogen-bond donors (Lipinski definition) is 2. The van der Waals surface area contributed by atoms with Crippen molar-refractivity contribution in [2.75, 3.05) is 11.9 Å². The topological polar surface area (TPSA) is 88.9 Å². The molecule has 0 saturated carbocycles. The number of anilines is 1. The average Bonchev–Trinajstić information content (AvgIpc) is 3.16. The first kappa shape index (κ1) is 21.9. The van der Waals surface area contributed by atoms with E-state index in [4.69, 9.17) is 0 Å². The van der Waals surface area contributed by atoms with Crippen molar-refractivity contribution in [3.8, 4) is 5.69 Å². The van der Waals surface area contributed by atoms with Crippen LogP contribution in [0.25, 0.3) is 5.69 Å². The van der Waals surface area contributed by atoms with Crippen molar-refractivity contribution in [1.82, 2.24) is 20.3 Å². The number of nitrogens with one attached hydrogen (secondary N) is 2. The Morgan fingerprint density at radius 1 is 1.10 bits per heavy atom. The van der Waals surface area contributed by atoms with E-state index in [1.54, 1.807) is 19.9 Å². The molecule has 0 unspecified atom stereocenters. The van der Waals surface area contributed by atoms with Gasteiger partial charge >= 0.3 is 6.18 Å². The summed E-state index contributed by atoms with van der Waals surface area (Å²) in [4.78, 5) is 24.7. The quantitative estimate of drug-likeness (QED) is 0.598. The summed E-state index contributed by atoms with van der Waals surface area (Å²) in [7, 11) is 0. The molecular formula is C20H17F4N5O2. The lowest BCUT2D eigenvalue weighted by molar-refractivity contribution is -0.143. The van der Waals surface area contributed by atoms with E-state index in [-0.39, 0.29) is 16.9 Å². The number of aromatic nitrogens is 3. The summed E-state index contributed by atoms with van der Waals surface area (Å²) in [6.07, 6.45) is -5.00.